The first-order valence-corrected chi connectivity index (χ1v) is 3.36. The Morgan fingerprint density at radius 1 is 1.78 bits per heavy atom. The van der Waals surface area contributed by atoms with Gasteiger partial charge in [-0.25, -0.2) is 4.79 Å². The molecular weight excluding hydrogens is 145 g/mol. The molecule has 0 spiro atoms. The molecule has 1 fully saturated rings. The van der Waals surface area contributed by atoms with E-state index in [2.05, 4.69) is 0 Å². The molecule has 1 saturated heterocycles. The Morgan fingerprint density at radius 3 is 2.11 bits per heavy atom. The Balaban J connectivity index is 2.83. The molecule has 0 amide bonds. The van der Waals surface area contributed by atoms with Crippen molar-refractivity contribution >= 4 is 19.6 Å². The molecule has 0 aromatic carbocycles. The number of carbonyl (C=O) groups excluding carboxylic acids is 1. The predicted octanol–water partition coefficient (Wildman–Crippen LogP) is -1.34. The van der Waals surface area contributed by atoms with Gasteiger partial charge in [0.25, 0.3) is 0 Å². The van der Waals surface area contributed by atoms with E-state index < -0.39 is 24.9 Å². The van der Waals surface area contributed by atoms with Crippen LogP contribution in [0.2, 0.25) is 0 Å². The van der Waals surface area contributed by atoms with Crippen molar-refractivity contribution in [2.45, 2.75) is 5.28 Å². The van der Waals surface area contributed by atoms with Crippen molar-refractivity contribution < 1.29 is 19.6 Å². The summed E-state index contributed by atoms with van der Waals surface area (Å²) in [5.41, 5.74) is 4.15. The van der Waals surface area contributed by atoms with Crippen LogP contribution in [0.4, 0.5) is 0 Å². The maximum absolute atomic E-state index is 10.3. The molecule has 50 valence electrons. The summed E-state index contributed by atoms with van der Waals surface area (Å²) < 4.78 is 0. The number of carboxylic acid groups (broad SMARTS) is 1. The molecule has 0 aromatic heterocycles. The van der Waals surface area contributed by atoms with E-state index in [-0.39, 0.29) is 0 Å². The van der Waals surface area contributed by atoms with Gasteiger partial charge in [0.2, 0.25) is 10.8 Å². The van der Waals surface area contributed by atoms with Gasteiger partial charge in [0.05, 0.1) is 0 Å². The molecule has 9 heavy (non-hydrogen) atoms. The van der Waals surface area contributed by atoms with Crippen LogP contribution >= 0.6 is 8.15 Å². The lowest BCUT2D eigenvalue weighted by Crippen LogP contribution is -2.34. The number of hydrogen-bond donors (Lipinski definition) is 3. The molecule has 2 unspecified atom stereocenters. The summed E-state index contributed by atoms with van der Waals surface area (Å²) >= 11 is 0. The SMILES string of the molecule is NC1(C(=O)O)C(=O)P1O. The Morgan fingerprint density at radius 2 is 2.11 bits per heavy atom. The quantitative estimate of drug-likeness (QED) is 0.316. The molecule has 0 aromatic rings. The standard InChI is InChI=1S/C3H4NO4P/c4-3(1(5)6)2(7)9(3)8/h8H,4H2,(H,5,6). The third-order valence-corrected chi connectivity index (χ3v) is 2.70. The fourth-order valence-corrected chi connectivity index (χ4v) is 1.28. The molecule has 5 nitrogen and oxygen atoms in total. The van der Waals surface area contributed by atoms with E-state index in [4.69, 9.17) is 15.7 Å². The van der Waals surface area contributed by atoms with Crippen molar-refractivity contribution in [1.29, 1.82) is 0 Å². The van der Waals surface area contributed by atoms with Gasteiger partial charge < -0.3 is 15.7 Å². The first kappa shape index (κ1) is 6.61. The molecule has 1 aliphatic rings. The van der Waals surface area contributed by atoms with Crippen molar-refractivity contribution in [2.24, 2.45) is 5.73 Å². The van der Waals surface area contributed by atoms with Gasteiger partial charge in [0.15, 0.2) is 0 Å². The number of rotatable bonds is 1. The van der Waals surface area contributed by atoms with E-state index in [9.17, 15) is 9.59 Å². The first-order chi connectivity index (χ1) is 4.01. The molecule has 4 N–H and O–H groups in total. The summed E-state index contributed by atoms with van der Waals surface area (Å²) in [6.07, 6.45) is 0. The number of nitrogens with two attached hydrogens (primary N) is 1. The van der Waals surface area contributed by atoms with Crippen LogP contribution in [-0.2, 0) is 9.59 Å². The second-order valence-corrected chi connectivity index (χ2v) is 3.42. The van der Waals surface area contributed by atoms with Crippen molar-refractivity contribution in [3.8, 4) is 0 Å². The summed E-state index contributed by atoms with van der Waals surface area (Å²) in [4.78, 5) is 28.8. The molecule has 0 saturated carbocycles. The molecule has 1 heterocycles. The van der Waals surface area contributed by atoms with Crippen LogP contribution in [-0.4, -0.2) is 26.8 Å². The van der Waals surface area contributed by atoms with Gasteiger partial charge in [-0.15, -0.1) is 0 Å². The van der Waals surface area contributed by atoms with Crippen molar-refractivity contribution in [1.82, 2.24) is 0 Å². The van der Waals surface area contributed by atoms with Crippen LogP contribution in [0.1, 0.15) is 0 Å². The molecule has 1 rings (SSSR count). The maximum atomic E-state index is 10.3. The molecule has 0 bridgehead atoms. The predicted molar refractivity (Wildman–Crippen MR) is 28.7 cm³/mol. The Bertz CT molecular complexity index is 182. The number of aliphatic carboxylic acids is 1. The fraction of sp³-hybridized carbons (Fsp3) is 0.333. The summed E-state index contributed by atoms with van der Waals surface area (Å²) in [7, 11) is -2.08. The Hall–Kier alpha value is -0.510. The summed E-state index contributed by atoms with van der Waals surface area (Å²) in [5.74, 6) is -1.44. The van der Waals surface area contributed by atoms with Crippen molar-refractivity contribution in [2.75, 3.05) is 0 Å². The monoisotopic (exact) mass is 149 g/mol. The third-order valence-electron chi connectivity index (χ3n) is 1.13. The fourth-order valence-electron chi connectivity index (χ4n) is 0.411. The average Bonchev–Trinajstić information content (AvgIpc) is 2.22. The van der Waals surface area contributed by atoms with Gasteiger partial charge in [0.1, 0.15) is 8.15 Å². The Kier molecular flexibility index (Phi) is 1.10. The topological polar surface area (TPSA) is 101 Å². The van der Waals surface area contributed by atoms with Gasteiger partial charge in [-0.05, 0) is 0 Å². The zero-order valence-corrected chi connectivity index (χ0v) is 5.13. The normalized spacial score (nSPS) is 40.7. The second-order valence-electron chi connectivity index (χ2n) is 1.69. The van der Waals surface area contributed by atoms with E-state index in [1.165, 1.54) is 0 Å². The molecular formula is C3H4NO4P. The highest BCUT2D eigenvalue weighted by molar-refractivity contribution is 7.86. The minimum Gasteiger partial charge on any atom is -0.479 e. The van der Waals surface area contributed by atoms with Crippen LogP contribution in [0.15, 0.2) is 0 Å². The van der Waals surface area contributed by atoms with E-state index in [0.717, 1.165) is 0 Å². The van der Waals surface area contributed by atoms with Crippen LogP contribution in [0.5, 0.6) is 0 Å². The van der Waals surface area contributed by atoms with E-state index >= 15 is 0 Å². The number of carboxylic acids is 1. The van der Waals surface area contributed by atoms with Gasteiger partial charge in [-0.2, -0.15) is 0 Å². The number of hydrogen-bond acceptors (Lipinski definition) is 4. The number of carbonyl (C=O) groups is 2. The summed E-state index contributed by atoms with van der Waals surface area (Å²) in [6.45, 7) is 0. The molecule has 6 heteroatoms. The molecule has 0 aliphatic carbocycles. The molecule has 0 radical (unpaired) electrons. The minimum atomic E-state index is -2.08. The first-order valence-electron chi connectivity index (χ1n) is 2.07. The Labute approximate surface area is 51.3 Å². The van der Waals surface area contributed by atoms with Gasteiger partial charge >= 0.3 is 5.97 Å². The summed E-state index contributed by atoms with van der Waals surface area (Å²) in [5, 5.41) is 6.23. The van der Waals surface area contributed by atoms with Crippen LogP contribution in [0.3, 0.4) is 0 Å². The van der Waals surface area contributed by atoms with E-state index in [0.29, 0.717) is 0 Å². The van der Waals surface area contributed by atoms with Crippen LogP contribution in [0.25, 0.3) is 0 Å². The van der Waals surface area contributed by atoms with Gasteiger partial charge in [-0.3, -0.25) is 4.79 Å². The van der Waals surface area contributed by atoms with E-state index in [1.54, 1.807) is 0 Å². The van der Waals surface area contributed by atoms with Crippen LogP contribution in [0, 0.1) is 0 Å². The smallest absolute Gasteiger partial charge is 0.339 e. The highest BCUT2D eigenvalue weighted by atomic mass is 31.2. The zero-order chi connectivity index (χ0) is 7.23. The van der Waals surface area contributed by atoms with Crippen LogP contribution < -0.4 is 5.73 Å². The molecule has 2 atom stereocenters. The van der Waals surface area contributed by atoms with Gasteiger partial charge in [0, 0.05) is 0 Å². The van der Waals surface area contributed by atoms with Gasteiger partial charge in [-0.1, -0.05) is 0 Å². The second kappa shape index (κ2) is 1.50. The van der Waals surface area contributed by atoms with Crippen molar-refractivity contribution in [3.63, 3.8) is 0 Å². The lowest BCUT2D eigenvalue weighted by atomic mass is 10.4. The lowest BCUT2D eigenvalue weighted by Gasteiger charge is -1.93. The molecule has 1 aliphatic heterocycles. The highest BCUT2D eigenvalue weighted by Gasteiger charge is 2.69. The van der Waals surface area contributed by atoms with Crippen molar-refractivity contribution in [3.05, 3.63) is 0 Å². The zero-order valence-electron chi connectivity index (χ0n) is 4.24. The minimum absolute atomic E-state index is 0.759. The summed E-state index contributed by atoms with van der Waals surface area (Å²) in [6, 6.07) is 0. The third kappa shape index (κ3) is 0.594. The van der Waals surface area contributed by atoms with E-state index in [1.807, 2.05) is 0 Å². The average molecular weight is 149 g/mol. The highest BCUT2D eigenvalue weighted by Crippen LogP contribution is 2.63. The maximum Gasteiger partial charge on any atom is 0.339 e. The largest absolute Gasteiger partial charge is 0.479 e. The lowest BCUT2D eigenvalue weighted by molar-refractivity contribution is -0.140.